The first-order valence-corrected chi connectivity index (χ1v) is 7.30. The number of carboxylic acid groups (broad SMARTS) is 1. The van der Waals surface area contributed by atoms with Crippen molar-refractivity contribution in [2.24, 2.45) is 0 Å². The van der Waals surface area contributed by atoms with Crippen molar-refractivity contribution in [2.75, 3.05) is 5.32 Å². The zero-order valence-corrected chi connectivity index (χ0v) is 13.1. The summed E-state index contributed by atoms with van der Waals surface area (Å²) in [6.07, 6.45) is 2.82. The molecule has 1 amide bonds. The lowest BCUT2D eigenvalue weighted by molar-refractivity contribution is 0.0692. The maximum Gasteiger partial charge on any atom is 0.339 e. The Kier molecular flexibility index (Phi) is 4.19. The van der Waals surface area contributed by atoms with Gasteiger partial charge in [-0.2, -0.15) is 0 Å². The summed E-state index contributed by atoms with van der Waals surface area (Å²) in [4.78, 5) is 23.9. The highest BCUT2D eigenvalue weighted by atomic mass is 16.5. The second-order valence-corrected chi connectivity index (χ2v) is 5.38. The maximum absolute atomic E-state index is 12.3. The standard InChI is InChI=1S/C17H13N3O6/c21-14-6-13(17(24)25)15(22)5-12(14)16(23)19-11-3-1-2-9(4-11)10-7-18-20(26)8-10/h1-8,21-22,26H,(H,19,23)(H,24,25). The molecule has 0 aliphatic heterocycles. The molecule has 0 bridgehead atoms. The van der Waals surface area contributed by atoms with Gasteiger partial charge in [-0.05, 0) is 29.8 Å². The number of carboxylic acids is 1. The van der Waals surface area contributed by atoms with Crippen LogP contribution >= 0.6 is 0 Å². The fourth-order valence-corrected chi connectivity index (χ4v) is 2.37. The van der Waals surface area contributed by atoms with Gasteiger partial charge in [0.2, 0.25) is 0 Å². The molecule has 0 aliphatic rings. The molecular formula is C17H13N3O6. The molecule has 9 nitrogen and oxygen atoms in total. The van der Waals surface area contributed by atoms with Gasteiger partial charge in [-0.15, -0.1) is 9.94 Å². The van der Waals surface area contributed by atoms with Crippen LogP contribution in [-0.4, -0.2) is 42.3 Å². The van der Waals surface area contributed by atoms with Crippen LogP contribution in [0.15, 0.2) is 48.8 Å². The van der Waals surface area contributed by atoms with Crippen molar-refractivity contribution in [1.29, 1.82) is 0 Å². The minimum absolute atomic E-state index is 0.277. The number of phenolic OH excluding ortho intramolecular Hbond substituents is 1. The van der Waals surface area contributed by atoms with E-state index in [1.165, 1.54) is 12.4 Å². The number of hydrogen-bond donors (Lipinski definition) is 5. The van der Waals surface area contributed by atoms with Crippen LogP contribution in [-0.2, 0) is 0 Å². The zero-order valence-electron chi connectivity index (χ0n) is 13.1. The zero-order chi connectivity index (χ0) is 18.8. The van der Waals surface area contributed by atoms with Gasteiger partial charge in [-0.1, -0.05) is 12.1 Å². The average Bonchev–Trinajstić information content (AvgIpc) is 3.03. The third kappa shape index (κ3) is 3.26. The normalized spacial score (nSPS) is 10.5. The van der Waals surface area contributed by atoms with Crippen molar-refractivity contribution in [3.63, 3.8) is 0 Å². The average molecular weight is 355 g/mol. The largest absolute Gasteiger partial charge is 0.507 e. The number of nitrogens with zero attached hydrogens (tertiary/aromatic N) is 2. The molecule has 0 saturated heterocycles. The van der Waals surface area contributed by atoms with E-state index in [4.69, 9.17) is 5.11 Å². The van der Waals surface area contributed by atoms with Crippen LogP contribution in [0.5, 0.6) is 11.5 Å². The Hall–Kier alpha value is -4.01. The van der Waals surface area contributed by atoms with Crippen LogP contribution in [0.1, 0.15) is 20.7 Å². The van der Waals surface area contributed by atoms with E-state index in [-0.39, 0.29) is 5.56 Å². The van der Waals surface area contributed by atoms with Crippen LogP contribution in [0.2, 0.25) is 0 Å². The molecular weight excluding hydrogens is 342 g/mol. The lowest BCUT2D eigenvalue weighted by Crippen LogP contribution is -2.12. The first-order valence-electron chi connectivity index (χ1n) is 7.30. The molecule has 0 atom stereocenters. The van der Waals surface area contributed by atoms with Gasteiger partial charge in [0.05, 0.1) is 18.0 Å². The third-order valence-corrected chi connectivity index (χ3v) is 3.61. The number of hydrogen-bond acceptors (Lipinski definition) is 6. The number of phenols is 2. The van der Waals surface area contributed by atoms with E-state index in [2.05, 4.69) is 10.4 Å². The fraction of sp³-hybridized carbons (Fsp3) is 0. The SMILES string of the molecule is O=C(O)c1cc(O)c(C(=O)Nc2cccc(-c3cnn(O)c3)c2)cc1O. The highest BCUT2D eigenvalue weighted by Gasteiger charge is 2.19. The van der Waals surface area contributed by atoms with Crippen molar-refractivity contribution in [3.8, 4) is 22.6 Å². The summed E-state index contributed by atoms with van der Waals surface area (Å²) >= 11 is 0. The Morgan fingerprint density at radius 3 is 2.35 bits per heavy atom. The number of anilines is 1. The number of aromatic hydroxyl groups is 2. The van der Waals surface area contributed by atoms with Crippen LogP contribution in [0.3, 0.4) is 0 Å². The van der Waals surface area contributed by atoms with Crippen LogP contribution < -0.4 is 5.32 Å². The van der Waals surface area contributed by atoms with E-state index >= 15 is 0 Å². The highest BCUT2D eigenvalue weighted by Crippen LogP contribution is 2.28. The molecule has 2 aromatic carbocycles. The molecule has 1 heterocycles. The molecule has 0 radical (unpaired) electrons. The van der Waals surface area contributed by atoms with E-state index in [0.717, 1.165) is 12.1 Å². The molecule has 132 valence electrons. The van der Waals surface area contributed by atoms with Crippen LogP contribution in [0, 0.1) is 0 Å². The molecule has 9 heteroatoms. The van der Waals surface area contributed by atoms with Crippen molar-refractivity contribution in [1.82, 2.24) is 9.94 Å². The number of amides is 1. The molecule has 0 saturated carbocycles. The van der Waals surface area contributed by atoms with Gasteiger partial charge in [0.25, 0.3) is 5.91 Å². The maximum atomic E-state index is 12.3. The van der Waals surface area contributed by atoms with Crippen LogP contribution in [0.4, 0.5) is 5.69 Å². The fourth-order valence-electron chi connectivity index (χ4n) is 2.37. The van der Waals surface area contributed by atoms with Crippen molar-refractivity contribution < 1.29 is 30.1 Å². The number of carbonyl (C=O) groups excluding carboxylic acids is 1. The molecule has 26 heavy (non-hydrogen) atoms. The predicted molar refractivity (Wildman–Crippen MR) is 89.5 cm³/mol. The highest BCUT2D eigenvalue weighted by molar-refractivity contribution is 6.07. The van der Waals surface area contributed by atoms with Gasteiger partial charge >= 0.3 is 5.97 Å². The Morgan fingerprint density at radius 2 is 1.69 bits per heavy atom. The quantitative estimate of drug-likeness (QED) is 0.356. The predicted octanol–water partition coefficient (Wildman–Crippen LogP) is 2.15. The lowest BCUT2D eigenvalue weighted by atomic mass is 10.1. The molecule has 0 unspecified atom stereocenters. The van der Waals surface area contributed by atoms with Gasteiger partial charge in [0, 0.05) is 11.3 Å². The first-order chi connectivity index (χ1) is 12.3. The van der Waals surface area contributed by atoms with Gasteiger partial charge in [0.15, 0.2) is 0 Å². The first kappa shape index (κ1) is 16.8. The molecule has 0 spiro atoms. The Morgan fingerprint density at radius 1 is 1.00 bits per heavy atom. The number of nitrogens with one attached hydrogen (secondary N) is 1. The van der Waals surface area contributed by atoms with Gasteiger partial charge in [0.1, 0.15) is 17.1 Å². The lowest BCUT2D eigenvalue weighted by Gasteiger charge is -2.10. The molecule has 5 N–H and O–H groups in total. The van der Waals surface area contributed by atoms with Crippen molar-refractivity contribution in [2.45, 2.75) is 0 Å². The van der Waals surface area contributed by atoms with E-state index in [9.17, 15) is 25.0 Å². The summed E-state index contributed by atoms with van der Waals surface area (Å²) in [5.41, 5.74) is 0.897. The Balaban J connectivity index is 1.87. The van der Waals surface area contributed by atoms with Gasteiger partial charge in [-0.3, -0.25) is 4.79 Å². The number of aromatic nitrogens is 2. The Labute approximate surface area is 146 Å². The summed E-state index contributed by atoms with van der Waals surface area (Å²) in [6, 6.07) is 8.33. The molecule has 0 aliphatic carbocycles. The number of aromatic carboxylic acids is 1. The molecule has 0 fully saturated rings. The minimum Gasteiger partial charge on any atom is -0.507 e. The monoisotopic (exact) mass is 355 g/mol. The minimum atomic E-state index is -1.43. The second kappa shape index (κ2) is 6.48. The van der Waals surface area contributed by atoms with E-state index in [0.29, 0.717) is 21.7 Å². The summed E-state index contributed by atoms with van der Waals surface area (Å²) in [6.45, 7) is 0. The second-order valence-electron chi connectivity index (χ2n) is 5.38. The topological polar surface area (TPSA) is 145 Å². The summed E-state index contributed by atoms with van der Waals surface area (Å²) in [7, 11) is 0. The van der Waals surface area contributed by atoms with E-state index < -0.39 is 28.9 Å². The molecule has 3 aromatic rings. The number of rotatable bonds is 4. The summed E-state index contributed by atoms with van der Waals surface area (Å²) < 4.78 is 0. The number of benzene rings is 2. The third-order valence-electron chi connectivity index (χ3n) is 3.61. The van der Waals surface area contributed by atoms with Crippen LogP contribution in [0.25, 0.3) is 11.1 Å². The van der Waals surface area contributed by atoms with Crippen molar-refractivity contribution >= 4 is 17.6 Å². The smallest absolute Gasteiger partial charge is 0.339 e. The Bertz CT molecular complexity index is 1010. The summed E-state index contributed by atoms with van der Waals surface area (Å²) in [5, 5.41) is 43.9. The molecule has 1 aromatic heterocycles. The van der Waals surface area contributed by atoms with E-state index in [1.807, 2.05) is 0 Å². The van der Waals surface area contributed by atoms with Gasteiger partial charge in [-0.25, -0.2) is 4.79 Å². The summed E-state index contributed by atoms with van der Waals surface area (Å²) in [5.74, 6) is -3.37. The van der Waals surface area contributed by atoms with Gasteiger partial charge < -0.3 is 25.8 Å². The number of carbonyl (C=O) groups is 2. The van der Waals surface area contributed by atoms with Crippen molar-refractivity contribution in [3.05, 3.63) is 59.9 Å². The van der Waals surface area contributed by atoms with E-state index in [1.54, 1.807) is 24.3 Å². The molecule has 3 rings (SSSR count).